The van der Waals surface area contributed by atoms with Gasteiger partial charge in [0.15, 0.2) is 10.8 Å². The minimum absolute atomic E-state index is 0.0915. The number of rotatable bonds is 12. The number of aromatic nitrogens is 1. The Morgan fingerprint density at radius 2 is 0.900 bits per heavy atom. The number of primary amides is 1. The summed E-state index contributed by atoms with van der Waals surface area (Å²) in [5.41, 5.74) is 9.83. The first-order chi connectivity index (χ1) is 24.6. The van der Waals surface area contributed by atoms with E-state index in [9.17, 15) is 4.79 Å². The second-order valence-electron chi connectivity index (χ2n) is 11.7. The summed E-state index contributed by atoms with van der Waals surface area (Å²) in [5, 5.41) is 10.7. The van der Waals surface area contributed by atoms with Crippen molar-refractivity contribution < 1.29 is 9.63 Å². The molecule has 0 saturated carbocycles. The normalized spacial score (nSPS) is 11.9. The Labute approximate surface area is 295 Å². The molecule has 0 aliphatic carbocycles. The van der Waals surface area contributed by atoms with Crippen LogP contribution in [0.2, 0.25) is 0 Å². The largest absolute Gasteiger partial charge is 0.374 e. The van der Waals surface area contributed by atoms with Gasteiger partial charge in [0, 0.05) is 22.1 Å². The van der Waals surface area contributed by atoms with Crippen molar-refractivity contribution >= 4 is 28.1 Å². The van der Waals surface area contributed by atoms with Gasteiger partial charge in [0.1, 0.15) is 11.2 Å². The first kappa shape index (κ1) is 32.2. The van der Waals surface area contributed by atoms with Gasteiger partial charge in [0.05, 0.1) is 0 Å². The van der Waals surface area contributed by atoms with Crippen molar-refractivity contribution in [3.05, 3.63) is 226 Å². The molecule has 0 bridgehead atoms. The van der Waals surface area contributed by atoms with E-state index in [1.54, 1.807) is 5.38 Å². The number of amides is 1. The molecular weight excluding hydrogens is 637 g/mol. The molecule has 1 heterocycles. The number of nitrogens with one attached hydrogen (secondary N) is 1. The molecule has 6 nitrogen and oxygen atoms in total. The number of nitrogens with two attached hydrogens (primary N) is 1. The number of thiazole rings is 1. The zero-order chi connectivity index (χ0) is 34.2. The van der Waals surface area contributed by atoms with E-state index >= 15 is 0 Å². The number of hydrogen-bond acceptors (Lipinski definition) is 6. The number of anilines is 1. The Bertz CT molecular complexity index is 1980. The molecule has 0 saturated heterocycles. The number of benzene rings is 6. The number of nitrogens with zero attached hydrogens (tertiary/aromatic N) is 2. The van der Waals surface area contributed by atoms with E-state index < -0.39 is 17.0 Å². The highest BCUT2D eigenvalue weighted by Gasteiger charge is 2.40. The Morgan fingerprint density at radius 1 is 0.560 bits per heavy atom. The highest BCUT2D eigenvalue weighted by atomic mass is 32.1. The third-order valence-corrected chi connectivity index (χ3v) is 9.47. The molecule has 7 aromatic rings. The summed E-state index contributed by atoms with van der Waals surface area (Å²) in [6.45, 7) is 0. The maximum Gasteiger partial charge on any atom is 0.273 e. The number of oxime groups is 1. The first-order valence-corrected chi connectivity index (χ1v) is 17.1. The molecule has 0 atom stereocenters. The van der Waals surface area contributed by atoms with Crippen molar-refractivity contribution in [3.8, 4) is 0 Å². The molecule has 0 fully saturated rings. The van der Waals surface area contributed by atoms with Crippen LogP contribution in [0.4, 0.5) is 5.13 Å². The van der Waals surface area contributed by atoms with Gasteiger partial charge in [-0.15, -0.1) is 11.3 Å². The molecule has 0 spiro atoms. The fraction of sp³-hybridized carbons (Fsp3) is 0.0465. The molecule has 1 amide bonds. The average Bonchev–Trinajstić information content (AvgIpc) is 3.65. The summed E-state index contributed by atoms with van der Waals surface area (Å²) < 4.78 is 0. The van der Waals surface area contributed by atoms with Crippen molar-refractivity contribution in [3.63, 3.8) is 0 Å². The Kier molecular flexibility index (Phi) is 9.31. The van der Waals surface area contributed by atoms with E-state index in [1.807, 2.05) is 146 Å². The first-order valence-electron chi connectivity index (χ1n) is 16.2. The molecule has 0 unspecified atom stereocenters. The van der Waals surface area contributed by atoms with E-state index in [-0.39, 0.29) is 5.71 Å². The maximum absolute atomic E-state index is 13.1. The van der Waals surface area contributed by atoms with Gasteiger partial charge in [0.2, 0.25) is 5.60 Å². The van der Waals surface area contributed by atoms with Gasteiger partial charge >= 0.3 is 0 Å². The summed E-state index contributed by atoms with van der Waals surface area (Å²) in [7, 11) is 0. The molecule has 0 radical (unpaired) electrons. The lowest BCUT2D eigenvalue weighted by molar-refractivity contribution is -0.112. The standard InChI is InChI=1S/C43H34N4O2S/c44-40(48)39(47-49-43(35-25-13-4-14-26-35,36-27-15-5-16-28-36)37-29-17-6-18-30-37)38-31-50-41(45-38)46-42(32-19-7-1-8-20-32,33-21-9-2-10-22-33)34-23-11-3-12-24-34/h1-31H,(H2,44,48)(H,45,46). The molecule has 7 rings (SSSR count). The maximum atomic E-state index is 13.1. The van der Waals surface area contributed by atoms with Crippen LogP contribution >= 0.6 is 11.3 Å². The summed E-state index contributed by atoms with van der Waals surface area (Å²) in [6.07, 6.45) is 0. The fourth-order valence-electron chi connectivity index (χ4n) is 6.39. The van der Waals surface area contributed by atoms with Crippen molar-refractivity contribution in [1.29, 1.82) is 0 Å². The summed E-state index contributed by atoms with van der Waals surface area (Å²) in [4.78, 5) is 24.7. The van der Waals surface area contributed by atoms with E-state index in [2.05, 4.69) is 46.9 Å². The monoisotopic (exact) mass is 670 g/mol. The third kappa shape index (κ3) is 6.18. The number of carbonyl (C=O) groups is 1. The van der Waals surface area contributed by atoms with Crippen molar-refractivity contribution in [2.45, 2.75) is 11.1 Å². The van der Waals surface area contributed by atoms with E-state index in [4.69, 9.17) is 15.6 Å². The Hall–Kier alpha value is -6.31. The predicted molar refractivity (Wildman–Crippen MR) is 201 cm³/mol. The van der Waals surface area contributed by atoms with Gasteiger partial charge in [-0.2, -0.15) is 0 Å². The van der Waals surface area contributed by atoms with Gasteiger partial charge in [0.25, 0.3) is 5.91 Å². The summed E-state index contributed by atoms with van der Waals surface area (Å²) >= 11 is 1.36. The fourth-order valence-corrected chi connectivity index (χ4v) is 7.14. The smallest absolute Gasteiger partial charge is 0.273 e. The van der Waals surface area contributed by atoms with Crippen molar-refractivity contribution in [2.24, 2.45) is 10.9 Å². The minimum Gasteiger partial charge on any atom is -0.374 e. The molecule has 0 aliphatic rings. The number of carbonyl (C=O) groups excluding carboxylic acids is 1. The highest BCUT2D eigenvalue weighted by Crippen LogP contribution is 2.42. The average molecular weight is 671 g/mol. The molecule has 50 heavy (non-hydrogen) atoms. The quantitative estimate of drug-likeness (QED) is 0.0773. The molecule has 6 aromatic carbocycles. The molecule has 7 heteroatoms. The van der Waals surface area contributed by atoms with Crippen LogP contribution < -0.4 is 11.1 Å². The zero-order valence-corrected chi connectivity index (χ0v) is 27.9. The molecule has 3 N–H and O–H groups in total. The van der Waals surface area contributed by atoms with Crippen LogP contribution in [0.25, 0.3) is 0 Å². The van der Waals surface area contributed by atoms with Gasteiger partial charge in [-0.1, -0.05) is 187 Å². The summed E-state index contributed by atoms with van der Waals surface area (Å²) in [5.74, 6) is -0.759. The molecular formula is C43H34N4O2S. The van der Waals surface area contributed by atoms with Gasteiger partial charge in [-0.05, 0) is 16.7 Å². The lowest BCUT2D eigenvalue weighted by Gasteiger charge is -2.36. The lowest BCUT2D eigenvalue weighted by atomic mass is 9.77. The van der Waals surface area contributed by atoms with Crippen LogP contribution in [0.1, 0.15) is 39.1 Å². The van der Waals surface area contributed by atoms with Crippen LogP contribution in [0.5, 0.6) is 0 Å². The van der Waals surface area contributed by atoms with Gasteiger partial charge in [-0.25, -0.2) is 4.98 Å². The second kappa shape index (κ2) is 14.4. The minimum atomic E-state index is -1.19. The van der Waals surface area contributed by atoms with Crippen LogP contribution in [-0.4, -0.2) is 16.6 Å². The van der Waals surface area contributed by atoms with Crippen molar-refractivity contribution in [1.82, 2.24) is 4.98 Å². The SMILES string of the molecule is NC(=O)C(=NOC(c1ccccc1)(c1ccccc1)c1ccccc1)c1csc(NC(c2ccccc2)(c2ccccc2)c2ccccc2)n1. The third-order valence-electron chi connectivity index (χ3n) is 8.71. The molecule has 1 aromatic heterocycles. The lowest BCUT2D eigenvalue weighted by Crippen LogP contribution is -2.38. The van der Waals surface area contributed by atoms with Gasteiger partial charge < -0.3 is 15.9 Å². The Balaban J connectivity index is 1.34. The van der Waals surface area contributed by atoms with Gasteiger partial charge in [-0.3, -0.25) is 4.79 Å². The van der Waals surface area contributed by atoms with E-state index in [1.165, 1.54) is 11.3 Å². The van der Waals surface area contributed by atoms with Crippen LogP contribution in [0, 0.1) is 0 Å². The van der Waals surface area contributed by atoms with Crippen LogP contribution in [0.15, 0.2) is 193 Å². The zero-order valence-electron chi connectivity index (χ0n) is 27.1. The van der Waals surface area contributed by atoms with Crippen LogP contribution in [-0.2, 0) is 20.8 Å². The van der Waals surface area contributed by atoms with Crippen LogP contribution in [0.3, 0.4) is 0 Å². The van der Waals surface area contributed by atoms with Crippen molar-refractivity contribution in [2.75, 3.05) is 5.32 Å². The molecule has 244 valence electrons. The number of hydrogen-bond donors (Lipinski definition) is 2. The highest BCUT2D eigenvalue weighted by molar-refractivity contribution is 7.14. The second-order valence-corrected chi connectivity index (χ2v) is 12.5. The predicted octanol–water partition coefficient (Wildman–Crippen LogP) is 8.75. The molecule has 0 aliphatic heterocycles. The van der Waals surface area contributed by atoms with E-state index in [0.717, 1.165) is 33.4 Å². The Morgan fingerprint density at radius 3 is 1.24 bits per heavy atom. The summed E-state index contributed by atoms with van der Waals surface area (Å²) in [6, 6.07) is 60.3. The van der Waals surface area contributed by atoms with E-state index in [0.29, 0.717) is 10.8 Å². The topological polar surface area (TPSA) is 89.6 Å².